The van der Waals surface area contributed by atoms with Crippen molar-refractivity contribution in [2.75, 3.05) is 45.9 Å². The summed E-state index contributed by atoms with van der Waals surface area (Å²) < 4.78 is 5.33. The average molecular weight is 344 g/mol. The van der Waals surface area contributed by atoms with Crippen LogP contribution in [0.15, 0.2) is 42.5 Å². The second kappa shape index (κ2) is 9.13. The van der Waals surface area contributed by atoms with E-state index in [1.807, 2.05) is 29.2 Å². The number of aliphatic hydroxyl groups excluding tert-OH is 1. The molecule has 0 radical (unpaired) electrons. The van der Waals surface area contributed by atoms with Crippen molar-refractivity contribution < 1.29 is 14.6 Å². The molecule has 2 fully saturated rings. The molecule has 2 saturated heterocycles. The molecule has 0 spiro atoms. The topological polar surface area (TPSA) is 53.0 Å². The van der Waals surface area contributed by atoms with E-state index in [1.54, 1.807) is 6.08 Å². The van der Waals surface area contributed by atoms with Crippen LogP contribution in [0.1, 0.15) is 12.0 Å². The lowest BCUT2D eigenvalue weighted by Gasteiger charge is -2.36. The summed E-state index contributed by atoms with van der Waals surface area (Å²) in [5.41, 5.74) is 1.21. The van der Waals surface area contributed by atoms with Gasteiger partial charge in [-0.2, -0.15) is 0 Å². The van der Waals surface area contributed by atoms with Crippen molar-refractivity contribution in [2.24, 2.45) is 5.92 Å². The van der Waals surface area contributed by atoms with Crippen LogP contribution >= 0.6 is 0 Å². The van der Waals surface area contributed by atoms with Crippen LogP contribution in [-0.4, -0.2) is 72.9 Å². The lowest BCUT2D eigenvalue weighted by Crippen LogP contribution is -2.46. The molecule has 2 atom stereocenters. The highest BCUT2D eigenvalue weighted by molar-refractivity contribution is 5.87. The van der Waals surface area contributed by atoms with Crippen molar-refractivity contribution in [3.05, 3.63) is 48.0 Å². The quantitative estimate of drug-likeness (QED) is 0.819. The molecule has 2 aliphatic heterocycles. The van der Waals surface area contributed by atoms with Gasteiger partial charge in [-0.25, -0.2) is 0 Å². The van der Waals surface area contributed by atoms with E-state index in [2.05, 4.69) is 17.0 Å². The lowest BCUT2D eigenvalue weighted by molar-refractivity contribution is -0.129. The minimum atomic E-state index is -0.332. The number of amides is 1. The standard InChI is InChI=1S/C20H28N2O3/c23-19-8-10-22(16-18(19)15-17-5-2-1-3-6-17)20(24)7-4-9-21-11-13-25-14-12-21/h1-7,18-19,23H,8-16H2/b7-4+/t18-,19-/m1/s1. The van der Waals surface area contributed by atoms with E-state index in [0.717, 1.165) is 39.3 Å². The third kappa shape index (κ3) is 5.39. The molecule has 1 amide bonds. The van der Waals surface area contributed by atoms with Crippen molar-refractivity contribution >= 4 is 5.91 Å². The molecule has 1 aromatic rings. The third-order valence-corrected chi connectivity index (χ3v) is 5.07. The summed E-state index contributed by atoms with van der Waals surface area (Å²) in [6.45, 7) is 5.43. The van der Waals surface area contributed by atoms with Gasteiger partial charge in [0, 0.05) is 44.7 Å². The Kier molecular flexibility index (Phi) is 6.62. The van der Waals surface area contributed by atoms with Crippen molar-refractivity contribution in [3.8, 4) is 0 Å². The number of carbonyl (C=O) groups excluding carboxylic acids is 1. The normalized spacial score (nSPS) is 25.4. The number of hydrogen-bond donors (Lipinski definition) is 1. The lowest BCUT2D eigenvalue weighted by atomic mass is 9.88. The molecule has 1 N–H and O–H groups in total. The molecule has 0 saturated carbocycles. The molecule has 2 heterocycles. The molecule has 5 nitrogen and oxygen atoms in total. The second-order valence-corrected chi connectivity index (χ2v) is 6.91. The Morgan fingerprint density at radius 2 is 1.96 bits per heavy atom. The molecule has 5 heteroatoms. The number of morpholine rings is 1. The maximum Gasteiger partial charge on any atom is 0.246 e. The molecular formula is C20H28N2O3. The molecule has 0 unspecified atom stereocenters. The van der Waals surface area contributed by atoms with E-state index in [-0.39, 0.29) is 17.9 Å². The molecule has 2 aliphatic rings. The van der Waals surface area contributed by atoms with Crippen molar-refractivity contribution in [3.63, 3.8) is 0 Å². The van der Waals surface area contributed by atoms with Gasteiger partial charge in [-0.1, -0.05) is 36.4 Å². The van der Waals surface area contributed by atoms with Gasteiger partial charge in [-0.05, 0) is 18.4 Å². The maximum atomic E-state index is 12.5. The summed E-state index contributed by atoms with van der Waals surface area (Å²) in [4.78, 5) is 16.6. The first-order chi connectivity index (χ1) is 12.2. The summed E-state index contributed by atoms with van der Waals surface area (Å²) in [5, 5.41) is 10.3. The molecule has 0 aliphatic carbocycles. The highest BCUT2D eigenvalue weighted by Gasteiger charge is 2.29. The number of carbonyl (C=O) groups is 1. The number of likely N-dealkylation sites (tertiary alicyclic amines) is 1. The molecule has 0 aromatic heterocycles. The zero-order valence-corrected chi connectivity index (χ0v) is 14.7. The predicted molar refractivity (Wildman–Crippen MR) is 97.2 cm³/mol. The molecule has 1 aromatic carbocycles. The summed E-state index contributed by atoms with van der Waals surface area (Å²) in [5.74, 6) is 0.158. The Balaban J connectivity index is 1.50. The van der Waals surface area contributed by atoms with Gasteiger partial charge in [0.05, 0.1) is 19.3 Å². The SMILES string of the molecule is O=C(/C=C/CN1CCOCC1)N1CC[C@@H](O)[C@H](Cc2ccccc2)C1. The Bertz CT molecular complexity index is 570. The summed E-state index contributed by atoms with van der Waals surface area (Å²) >= 11 is 0. The van der Waals surface area contributed by atoms with Crippen LogP contribution in [0.5, 0.6) is 0 Å². The number of rotatable bonds is 5. The predicted octanol–water partition coefficient (Wildman–Crippen LogP) is 1.33. The monoisotopic (exact) mass is 344 g/mol. The highest BCUT2D eigenvalue weighted by Crippen LogP contribution is 2.21. The minimum absolute atomic E-state index is 0.0539. The number of piperidine rings is 1. The molecule has 0 bridgehead atoms. The van der Waals surface area contributed by atoms with Gasteiger partial charge in [-0.3, -0.25) is 9.69 Å². The van der Waals surface area contributed by atoms with Crippen LogP contribution in [0.2, 0.25) is 0 Å². The average Bonchev–Trinajstić information content (AvgIpc) is 2.65. The number of ether oxygens (including phenoxy) is 1. The zero-order chi connectivity index (χ0) is 17.5. The fraction of sp³-hybridized carbons (Fsp3) is 0.550. The highest BCUT2D eigenvalue weighted by atomic mass is 16.5. The first-order valence-corrected chi connectivity index (χ1v) is 9.20. The Morgan fingerprint density at radius 1 is 1.20 bits per heavy atom. The van der Waals surface area contributed by atoms with Crippen LogP contribution in [0.3, 0.4) is 0 Å². The van der Waals surface area contributed by atoms with E-state index in [9.17, 15) is 9.90 Å². The van der Waals surface area contributed by atoms with Gasteiger partial charge in [0.1, 0.15) is 0 Å². The summed E-state index contributed by atoms with van der Waals surface area (Å²) in [6.07, 6.45) is 4.77. The van der Waals surface area contributed by atoms with Crippen LogP contribution in [-0.2, 0) is 16.0 Å². The van der Waals surface area contributed by atoms with E-state index in [1.165, 1.54) is 5.56 Å². The molecule has 136 valence electrons. The van der Waals surface area contributed by atoms with Gasteiger partial charge in [0.2, 0.25) is 5.91 Å². The first kappa shape index (κ1) is 18.1. The number of benzene rings is 1. The van der Waals surface area contributed by atoms with E-state index >= 15 is 0 Å². The Morgan fingerprint density at radius 3 is 2.72 bits per heavy atom. The zero-order valence-electron chi connectivity index (χ0n) is 14.7. The van der Waals surface area contributed by atoms with Crippen molar-refractivity contribution in [2.45, 2.75) is 18.9 Å². The summed E-state index contributed by atoms with van der Waals surface area (Å²) in [7, 11) is 0. The fourth-order valence-electron chi connectivity index (χ4n) is 3.53. The van der Waals surface area contributed by atoms with Crippen molar-refractivity contribution in [1.82, 2.24) is 9.80 Å². The second-order valence-electron chi connectivity index (χ2n) is 6.91. The van der Waals surface area contributed by atoms with Crippen LogP contribution < -0.4 is 0 Å². The van der Waals surface area contributed by atoms with Crippen LogP contribution in [0, 0.1) is 5.92 Å². The van der Waals surface area contributed by atoms with Gasteiger partial charge >= 0.3 is 0 Å². The largest absolute Gasteiger partial charge is 0.393 e. The molecule has 25 heavy (non-hydrogen) atoms. The summed E-state index contributed by atoms with van der Waals surface area (Å²) in [6, 6.07) is 10.2. The molecule has 3 rings (SSSR count). The first-order valence-electron chi connectivity index (χ1n) is 9.20. The van der Waals surface area contributed by atoms with Gasteiger partial charge in [0.25, 0.3) is 0 Å². The maximum absolute atomic E-state index is 12.5. The van der Waals surface area contributed by atoms with Crippen LogP contribution in [0.4, 0.5) is 0 Å². The molecular weight excluding hydrogens is 316 g/mol. The minimum Gasteiger partial charge on any atom is -0.393 e. The van der Waals surface area contributed by atoms with E-state index in [0.29, 0.717) is 19.5 Å². The fourth-order valence-corrected chi connectivity index (χ4v) is 3.53. The number of hydrogen-bond acceptors (Lipinski definition) is 4. The van der Waals surface area contributed by atoms with Crippen LogP contribution in [0.25, 0.3) is 0 Å². The Hall–Kier alpha value is -1.69. The van der Waals surface area contributed by atoms with Gasteiger partial charge in [0.15, 0.2) is 0 Å². The number of nitrogens with zero attached hydrogens (tertiary/aromatic N) is 2. The van der Waals surface area contributed by atoms with E-state index in [4.69, 9.17) is 4.74 Å². The van der Waals surface area contributed by atoms with Gasteiger partial charge in [-0.15, -0.1) is 0 Å². The third-order valence-electron chi connectivity index (χ3n) is 5.07. The Labute approximate surface area is 149 Å². The van der Waals surface area contributed by atoms with E-state index < -0.39 is 0 Å². The van der Waals surface area contributed by atoms with Crippen molar-refractivity contribution in [1.29, 1.82) is 0 Å². The smallest absolute Gasteiger partial charge is 0.246 e. The number of aliphatic hydroxyl groups is 1. The van der Waals surface area contributed by atoms with Gasteiger partial charge < -0.3 is 14.7 Å².